The summed E-state index contributed by atoms with van der Waals surface area (Å²) >= 11 is 3.50. The molecule has 4 atom stereocenters. The van der Waals surface area contributed by atoms with Gasteiger partial charge in [-0.3, -0.25) is 19.3 Å². The molecule has 4 unspecified atom stereocenters. The Bertz CT molecular complexity index is 1120. The molecule has 2 aromatic carbocycles. The summed E-state index contributed by atoms with van der Waals surface area (Å²) in [6.07, 6.45) is 4.53. The van der Waals surface area contributed by atoms with Crippen LogP contribution < -0.4 is 4.90 Å². The van der Waals surface area contributed by atoms with E-state index in [2.05, 4.69) is 15.9 Å². The van der Waals surface area contributed by atoms with Gasteiger partial charge in [0.2, 0.25) is 11.8 Å². The standard InChI is InChI=1S/C25H23BrN2O4/c1-32-13-5-12-27-24(30)20-19-10-8-16-14-17(26)9-11-18(16)28(19)22(21(20)25(27)31)23(29)15-6-3-2-4-7-15/h2-4,6-11,14,19-22H,5,12-13H2,1H3. The monoisotopic (exact) mass is 494 g/mol. The Morgan fingerprint density at radius 3 is 2.56 bits per heavy atom. The lowest BCUT2D eigenvalue weighted by Crippen LogP contribution is -2.48. The molecule has 2 aromatic rings. The average Bonchev–Trinajstić information content (AvgIpc) is 3.27. The van der Waals surface area contributed by atoms with Gasteiger partial charge in [-0.1, -0.05) is 58.4 Å². The molecule has 5 rings (SSSR count). The topological polar surface area (TPSA) is 66.9 Å². The maximum atomic E-state index is 13.8. The quantitative estimate of drug-likeness (QED) is 0.349. The maximum absolute atomic E-state index is 13.8. The third kappa shape index (κ3) is 3.22. The van der Waals surface area contributed by atoms with Crippen LogP contribution in [0, 0.1) is 11.8 Å². The summed E-state index contributed by atoms with van der Waals surface area (Å²) in [5.74, 6) is -1.86. The molecule has 3 heterocycles. The molecule has 0 bridgehead atoms. The van der Waals surface area contributed by atoms with Crippen molar-refractivity contribution >= 4 is 45.3 Å². The zero-order chi connectivity index (χ0) is 22.4. The van der Waals surface area contributed by atoms with E-state index in [4.69, 9.17) is 4.74 Å². The Kier molecular flexibility index (Phi) is 5.47. The summed E-state index contributed by atoms with van der Waals surface area (Å²) in [5, 5.41) is 0. The van der Waals surface area contributed by atoms with Gasteiger partial charge < -0.3 is 9.64 Å². The van der Waals surface area contributed by atoms with E-state index in [1.807, 2.05) is 53.5 Å². The first-order valence-corrected chi connectivity index (χ1v) is 11.5. The van der Waals surface area contributed by atoms with Crippen molar-refractivity contribution in [2.45, 2.75) is 18.5 Å². The minimum atomic E-state index is -0.735. The van der Waals surface area contributed by atoms with Gasteiger partial charge in [-0.15, -0.1) is 0 Å². The molecule has 3 aliphatic rings. The number of ether oxygens (including phenoxy) is 1. The first-order valence-electron chi connectivity index (χ1n) is 10.7. The van der Waals surface area contributed by atoms with Gasteiger partial charge in [0.05, 0.1) is 17.9 Å². The minimum absolute atomic E-state index is 0.132. The van der Waals surface area contributed by atoms with Crippen LogP contribution in [-0.2, 0) is 14.3 Å². The van der Waals surface area contributed by atoms with Crippen molar-refractivity contribution in [1.82, 2.24) is 4.90 Å². The van der Waals surface area contributed by atoms with E-state index < -0.39 is 17.9 Å². The van der Waals surface area contributed by atoms with Gasteiger partial charge in [0.1, 0.15) is 6.04 Å². The number of imide groups is 1. The highest BCUT2D eigenvalue weighted by Crippen LogP contribution is 2.49. The summed E-state index contributed by atoms with van der Waals surface area (Å²) < 4.78 is 6.02. The van der Waals surface area contributed by atoms with Crippen LogP contribution >= 0.6 is 15.9 Å². The lowest BCUT2D eigenvalue weighted by molar-refractivity contribution is -0.140. The summed E-state index contributed by atoms with van der Waals surface area (Å²) in [7, 11) is 1.59. The van der Waals surface area contributed by atoms with E-state index in [0.29, 0.717) is 25.1 Å². The van der Waals surface area contributed by atoms with Gasteiger partial charge in [-0.2, -0.15) is 0 Å². The molecule has 6 nitrogen and oxygen atoms in total. The second kappa shape index (κ2) is 8.30. The number of Topliss-reactive ketones (excluding diaryl/α,β-unsaturated/α-hetero) is 1. The van der Waals surface area contributed by atoms with E-state index in [9.17, 15) is 14.4 Å². The number of likely N-dealkylation sites (tertiary alicyclic amines) is 1. The first-order chi connectivity index (χ1) is 15.5. The molecule has 0 spiro atoms. The molecule has 0 radical (unpaired) electrons. The van der Waals surface area contributed by atoms with E-state index in [0.717, 1.165) is 15.7 Å². The number of benzene rings is 2. The molecule has 0 saturated carbocycles. The molecular weight excluding hydrogens is 472 g/mol. The highest BCUT2D eigenvalue weighted by atomic mass is 79.9. The predicted octanol–water partition coefficient (Wildman–Crippen LogP) is 3.55. The number of nitrogens with zero attached hydrogens (tertiary/aromatic N) is 2. The van der Waals surface area contributed by atoms with E-state index in [1.54, 1.807) is 19.2 Å². The third-order valence-corrected chi connectivity index (χ3v) is 7.11. The molecule has 0 aromatic heterocycles. The van der Waals surface area contributed by atoms with Crippen molar-refractivity contribution in [1.29, 1.82) is 0 Å². The average molecular weight is 495 g/mol. The van der Waals surface area contributed by atoms with E-state index in [1.165, 1.54) is 4.90 Å². The van der Waals surface area contributed by atoms with Crippen LogP contribution in [0.25, 0.3) is 6.08 Å². The fourth-order valence-electron chi connectivity index (χ4n) is 5.27. The van der Waals surface area contributed by atoms with Gasteiger partial charge in [0.15, 0.2) is 5.78 Å². The molecule has 0 aliphatic carbocycles. The summed E-state index contributed by atoms with van der Waals surface area (Å²) in [6, 6.07) is 13.8. The molecule has 2 saturated heterocycles. The number of ketones is 1. The summed E-state index contributed by atoms with van der Waals surface area (Å²) in [4.78, 5) is 44.0. The van der Waals surface area contributed by atoms with Crippen molar-refractivity contribution in [3.63, 3.8) is 0 Å². The highest BCUT2D eigenvalue weighted by molar-refractivity contribution is 9.10. The molecular formula is C25H23BrN2O4. The van der Waals surface area contributed by atoms with Crippen LogP contribution in [0.3, 0.4) is 0 Å². The number of methoxy groups -OCH3 is 1. The van der Waals surface area contributed by atoms with Gasteiger partial charge in [-0.25, -0.2) is 0 Å². The van der Waals surface area contributed by atoms with Crippen LogP contribution in [-0.4, -0.2) is 54.8 Å². The van der Waals surface area contributed by atoms with E-state index in [-0.39, 0.29) is 23.6 Å². The highest BCUT2D eigenvalue weighted by Gasteiger charge is 2.63. The number of rotatable bonds is 6. The number of fused-ring (bicyclic) bond motifs is 5. The molecule has 2 fully saturated rings. The fraction of sp³-hybridized carbons (Fsp3) is 0.320. The molecule has 2 amide bonds. The maximum Gasteiger partial charge on any atom is 0.235 e. The summed E-state index contributed by atoms with van der Waals surface area (Å²) in [5.41, 5.74) is 2.37. The number of hydrogen-bond donors (Lipinski definition) is 0. The van der Waals surface area contributed by atoms with Crippen LogP contribution in [0.2, 0.25) is 0 Å². The van der Waals surface area contributed by atoms with Gasteiger partial charge in [0, 0.05) is 36.0 Å². The fourth-order valence-corrected chi connectivity index (χ4v) is 5.65. The van der Waals surface area contributed by atoms with Crippen LogP contribution in [0.15, 0.2) is 59.1 Å². The smallest absolute Gasteiger partial charge is 0.235 e. The lowest BCUT2D eigenvalue weighted by atomic mass is 9.86. The van der Waals surface area contributed by atoms with Gasteiger partial charge in [-0.05, 0) is 30.2 Å². The van der Waals surface area contributed by atoms with E-state index >= 15 is 0 Å². The van der Waals surface area contributed by atoms with Crippen molar-refractivity contribution < 1.29 is 19.1 Å². The largest absolute Gasteiger partial charge is 0.385 e. The zero-order valence-electron chi connectivity index (χ0n) is 17.6. The Balaban J connectivity index is 1.59. The molecule has 32 heavy (non-hydrogen) atoms. The van der Waals surface area contributed by atoms with Crippen LogP contribution in [0.4, 0.5) is 5.69 Å². The summed E-state index contributed by atoms with van der Waals surface area (Å²) in [6.45, 7) is 0.779. The Labute approximate surface area is 195 Å². The van der Waals surface area contributed by atoms with Crippen molar-refractivity contribution in [2.24, 2.45) is 11.8 Å². The molecule has 0 N–H and O–H groups in total. The Morgan fingerprint density at radius 1 is 1.06 bits per heavy atom. The van der Waals surface area contributed by atoms with Crippen LogP contribution in [0.5, 0.6) is 0 Å². The van der Waals surface area contributed by atoms with Gasteiger partial charge >= 0.3 is 0 Å². The molecule has 7 heteroatoms. The van der Waals surface area contributed by atoms with Crippen molar-refractivity contribution in [2.75, 3.05) is 25.2 Å². The molecule has 3 aliphatic heterocycles. The predicted molar refractivity (Wildman–Crippen MR) is 124 cm³/mol. The van der Waals surface area contributed by atoms with Crippen molar-refractivity contribution in [3.8, 4) is 0 Å². The number of anilines is 1. The second-order valence-corrected chi connectivity index (χ2v) is 9.28. The first kappa shape index (κ1) is 21.1. The SMILES string of the molecule is COCCCN1C(=O)C2C(C1=O)C(C(=O)c1ccccc1)N1c3ccc(Br)cc3C=CC21. The third-order valence-electron chi connectivity index (χ3n) is 6.62. The van der Waals surface area contributed by atoms with Crippen LogP contribution in [0.1, 0.15) is 22.3 Å². The Morgan fingerprint density at radius 2 is 1.81 bits per heavy atom. The second-order valence-electron chi connectivity index (χ2n) is 8.36. The van der Waals surface area contributed by atoms with Gasteiger partial charge in [0.25, 0.3) is 0 Å². The number of halogens is 1. The number of carbonyl (C=O) groups excluding carboxylic acids is 3. The minimum Gasteiger partial charge on any atom is -0.385 e. The number of amides is 2. The van der Waals surface area contributed by atoms with Crippen molar-refractivity contribution in [3.05, 3.63) is 70.2 Å². The number of carbonyl (C=O) groups is 3. The zero-order valence-corrected chi connectivity index (χ0v) is 19.2. The lowest BCUT2D eigenvalue weighted by Gasteiger charge is -2.36. The normalized spacial score (nSPS) is 25.7. The number of hydrogen-bond acceptors (Lipinski definition) is 5. The Hall–Kier alpha value is -2.77. The molecule has 164 valence electrons.